The molecule has 0 unspecified atom stereocenters. The SMILES string of the molecule is Cc1c[c-]c(N2C=CN(C)[CH-]2)cc1.Cc1c[c-]c(N2C=CN(C)[CH-]2)cc1.[Ir].c1ccc(-c2nc3ccccc3[n-]2)nc1. The fraction of sp³-hybridized carbons (Fsp3) is 0.118. The van der Waals surface area contributed by atoms with E-state index in [2.05, 4.69) is 65.2 Å². The van der Waals surface area contributed by atoms with Gasteiger partial charge in [0.2, 0.25) is 0 Å². The van der Waals surface area contributed by atoms with E-state index in [1.165, 1.54) is 11.1 Å². The number of rotatable bonds is 3. The molecule has 5 aromatic rings. The van der Waals surface area contributed by atoms with Gasteiger partial charge in [-0.15, -0.1) is 23.5 Å². The second-order valence-electron chi connectivity index (χ2n) is 9.73. The molecule has 42 heavy (non-hydrogen) atoms. The van der Waals surface area contributed by atoms with Gasteiger partial charge in [-0.3, -0.25) is 4.98 Å². The van der Waals surface area contributed by atoms with Gasteiger partial charge < -0.3 is 29.6 Å². The zero-order valence-corrected chi connectivity index (χ0v) is 26.4. The summed E-state index contributed by atoms with van der Waals surface area (Å²) in [7, 11) is 4.01. The van der Waals surface area contributed by atoms with Gasteiger partial charge in [0.1, 0.15) is 0 Å². The molecule has 0 amide bonds. The molecule has 0 fully saturated rings. The van der Waals surface area contributed by atoms with Crippen LogP contribution in [-0.2, 0) is 20.1 Å². The third-order valence-corrected chi connectivity index (χ3v) is 6.23. The Morgan fingerprint density at radius 3 is 1.71 bits per heavy atom. The number of pyridine rings is 1. The van der Waals surface area contributed by atoms with Crippen LogP contribution < -0.4 is 14.8 Å². The second-order valence-corrected chi connectivity index (χ2v) is 9.73. The minimum absolute atomic E-state index is 0. The number of aryl methyl sites for hydroxylation is 2. The summed E-state index contributed by atoms with van der Waals surface area (Å²) in [5, 5.41) is 0. The summed E-state index contributed by atoms with van der Waals surface area (Å²) in [5.74, 6) is 0.691. The second kappa shape index (κ2) is 14.5. The van der Waals surface area contributed by atoms with E-state index < -0.39 is 0 Å². The van der Waals surface area contributed by atoms with Crippen molar-refractivity contribution in [2.45, 2.75) is 13.8 Å². The molecule has 217 valence electrons. The van der Waals surface area contributed by atoms with Gasteiger partial charge in [-0.05, 0) is 67.9 Å². The average molecular weight is 731 g/mol. The Labute approximate surface area is 262 Å². The Hall–Kier alpha value is -4.39. The van der Waals surface area contributed by atoms with Crippen LogP contribution in [0, 0.1) is 39.3 Å². The van der Waals surface area contributed by atoms with Crippen LogP contribution in [0.2, 0.25) is 0 Å². The Balaban J connectivity index is 0.000000144. The largest absolute Gasteiger partial charge is 0.510 e. The monoisotopic (exact) mass is 731 g/mol. The van der Waals surface area contributed by atoms with Crippen LogP contribution in [0.4, 0.5) is 11.4 Å². The Morgan fingerprint density at radius 2 is 1.26 bits per heavy atom. The van der Waals surface area contributed by atoms with Crippen LogP contribution in [0.15, 0.2) is 110 Å². The van der Waals surface area contributed by atoms with Crippen LogP contribution >= 0.6 is 0 Å². The van der Waals surface area contributed by atoms with Gasteiger partial charge in [0.25, 0.3) is 0 Å². The van der Waals surface area contributed by atoms with Crippen molar-refractivity contribution in [2.24, 2.45) is 0 Å². The van der Waals surface area contributed by atoms with Crippen molar-refractivity contribution < 1.29 is 20.1 Å². The zero-order chi connectivity index (χ0) is 28.6. The van der Waals surface area contributed by atoms with Crippen LogP contribution in [0.3, 0.4) is 0 Å². The molecular weight excluding hydrogens is 699 g/mol. The number of hydrogen-bond acceptors (Lipinski definition) is 6. The zero-order valence-electron chi connectivity index (χ0n) is 24.0. The number of hydrogen-bond donors (Lipinski definition) is 0. The molecule has 0 spiro atoms. The predicted molar refractivity (Wildman–Crippen MR) is 166 cm³/mol. The molecule has 0 saturated heterocycles. The summed E-state index contributed by atoms with van der Waals surface area (Å²) in [6.45, 7) is 8.16. The van der Waals surface area contributed by atoms with E-state index in [1.54, 1.807) is 6.20 Å². The van der Waals surface area contributed by atoms with Gasteiger partial charge in [-0.2, -0.15) is 60.9 Å². The van der Waals surface area contributed by atoms with Gasteiger partial charge in [0, 0.05) is 26.3 Å². The molecule has 0 atom stereocenters. The van der Waals surface area contributed by atoms with E-state index in [-0.39, 0.29) is 20.1 Å². The number of nitrogens with zero attached hydrogens (tertiary/aromatic N) is 7. The Morgan fingerprint density at radius 1 is 0.690 bits per heavy atom. The Kier molecular flexibility index (Phi) is 10.5. The molecule has 1 radical (unpaired) electrons. The van der Waals surface area contributed by atoms with Crippen molar-refractivity contribution in [3.63, 3.8) is 0 Å². The molecular formula is C34H32IrN7-5. The van der Waals surface area contributed by atoms with Crippen LogP contribution in [0.5, 0.6) is 0 Å². The molecule has 2 aromatic heterocycles. The molecule has 4 heterocycles. The van der Waals surface area contributed by atoms with E-state index in [0.717, 1.165) is 28.1 Å². The van der Waals surface area contributed by atoms with E-state index in [4.69, 9.17) is 0 Å². The third kappa shape index (κ3) is 8.09. The smallest absolute Gasteiger partial charge is 0.0620 e. The van der Waals surface area contributed by atoms with Crippen molar-refractivity contribution in [1.29, 1.82) is 0 Å². The summed E-state index contributed by atoms with van der Waals surface area (Å²) in [5.41, 5.74) is 7.27. The molecule has 2 aliphatic heterocycles. The molecule has 7 rings (SSSR count). The normalized spacial score (nSPS) is 13.4. The first-order valence-electron chi connectivity index (χ1n) is 13.3. The van der Waals surface area contributed by atoms with Crippen LogP contribution in [0.25, 0.3) is 22.6 Å². The fourth-order valence-corrected chi connectivity index (χ4v) is 4.01. The topological polar surface area (TPSA) is 52.8 Å². The van der Waals surface area contributed by atoms with E-state index in [9.17, 15) is 0 Å². The number of benzene rings is 3. The van der Waals surface area contributed by atoms with Gasteiger partial charge >= 0.3 is 0 Å². The summed E-state index contributed by atoms with van der Waals surface area (Å²) in [6.07, 6.45) is 9.79. The summed E-state index contributed by atoms with van der Waals surface area (Å²) >= 11 is 0. The van der Waals surface area contributed by atoms with Crippen molar-refractivity contribution in [2.75, 3.05) is 23.9 Å². The van der Waals surface area contributed by atoms with Crippen molar-refractivity contribution >= 4 is 22.4 Å². The number of aromatic nitrogens is 3. The summed E-state index contributed by atoms with van der Waals surface area (Å²) < 4.78 is 0. The molecule has 8 heteroatoms. The first kappa shape index (κ1) is 30.6. The molecule has 0 aliphatic carbocycles. The maximum absolute atomic E-state index is 4.41. The molecule has 3 aromatic carbocycles. The van der Waals surface area contributed by atoms with Crippen LogP contribution in [0.1, 0.15) is 11.1 Å². The minimum atomic E-state index is 0. The van der Waals surface area contributed by atoms with Crippen molar-refractivity contribution in [1.82, 2.24) is 24.8 Å². The first-order chi connectivity index (χ1) is 19.9. The van der Waals surface area contributed by atoms with Crippen molar-refractivity contribution in [3.05, 3.63) is 146 Å². The average Bonchev–Trinajstić information content (AvgIpc) is 3.75. The van der Waals surface area contributed by atoms with Gasteiger partial charge in [0.15, 0.2) is 0 Å². The molecule has 0 N–H and O–H groups in total. The first-order valence-corrected chi connectivity index (χ1v) is 13.3. The Bertz CT molecular complexity index is 1490. The fourth-order valence-electron chi connectivity index (χ4n) is 4.01. The van der Waals surface area contributed by atoms with Gasteiger partial charge in [-0.25, -0.2) is 0 Å². The van der Waals surface area contributed by atoms with Gasteiger partial charge in [0.05, 0.1) is 5.69 Å². The van der Waals surface area contributed by atoms with E-state index >= 15 is 0 Å². The number of imidazole rings is 1. The molecule has 7 nitrogen and oxygen atoms in total. The number of para-hydroxylation sites is 2. The maximum atomic E-state index is 4.41. The van der Waals surface area contributed by atoms with Crippen molar-refractivity contribution in [3.8, 4) is 11.5 Å². The summed E-state index contributed by atoms with van der Waals surface area (Å²) in [4.78, 5) is 21.1. The predicted octanol–water partition coefficient (Wildman–Crippen LogP) is 6.53. The molecule has 0 saturated carbocycles. The number of anilines is 2. The third-order valence-electron chi connectivity index (χ3n) is 6.23. The van der Waals surface area contributed by atoms with E-state index in [0.29, 0.717) is 5.82 Å². The van der Waals surface area contributed by atoms with E-state index in [1.807, 2.05) is 126 Å². The molecule has 2 aliphatic rings. The quantitative estimate of drug-likeness (QED) is 0.196. The molecule has 0 bridgehead atoms. The minimum Gasteiger partial charge on any atom is -0.510 e. The summed E-state index contributed by atoms with van der Waals surface area (Å²) in [6, 6.07) is 32.3. The number of fused-ring (bicyclic) bond motifs is 1. The van der Waals surface area contributed by atoms with Gasteiger partial charge in [-0.1, -0.05) is 44.2 Å². The standard InChI is InChI=1S/C12H8N3.2C11H12N2.Ir/c1-2-6-10-9(5-1)14-12(15-10)11-7-3-4-8-13-11;2*1-10-3-5-11(6-4-10)13-8-7-12(2)9-13;/h1-8H;2*3-5,7-9H,1-2H3;/q-1;2*-2;. The van der Waals surface area contributed by atoms with Crippen LogP contribution in [-0.4, -0.2) is 33.9 Å². The maximum Gasteiger partial charge on any atom is 0.0620 e.